The third-order valence-corrected chi connectivity index (χ3v) is 5.71. The lowest BCUT2D eigenvalue weighted by Crippen LogP contribution is -2.43. The van der Waals surface area contributed by atoms with Crippen LogP contribution in [0.5, 0.6) is 5.75 Å². The highest BCUT2D eigenvalue weighted by Gasteiger charge is 2.30. The van der Waals surface area contributed by atoms with E-state index in [1.165, 1.54) is 20.2 Å². The van der Waals surface area contributed by atoms with Crippen LogP contribution in [-0.4, -0.2) is 69.4 Å². The lowest BCUT2D eigenvalue weighted by Gasteiger charge is -2.21. The number of anilines is 1. The van der Waals surface area contributed by atoms with E-state index < -0.39 is 22.1 Å². The molecular formula is C16H24N4O5S. The number of carbonyl (C=O) groups is 2. The van der Waals surface area contributed by atoms with Gasteiger partial charge in [-0.15, -0.1) is 0 Å². The average molecular weight is 384 g/mol. The van der Waals surface area contributed by atoms with Crippen LogP contribution in [0.4, 0.5) is 10.5 Å². The van der Waals surface area contributed by atoms with E-state index in [0.717, 1.165) is 9.21 Å². The molecule has 1 heterocycles. The standard InChI is InChI=1S/C16H24N4O5S/c1-5-25-13-7-6-12(10-14(13)26(23,24)19(3)4)18-11(2)15(21)20-9-8-17-16(20)22/h6-7,10-11,18H,5,8-9H2,1-4H3,(H,17,22)/t11-/m1/s1. The van der Waals surface area contributed by atoms with Gasteiger partial charge in [0.05, 0.1) is 6.61 Å². The Morgan fingerprint density at radius 3 is 2.65 bits per heavy atom. The van der Waals surface area contributed by atoms with Crippen LogP contribution < -0.4 is 15.4 Å². The maximum absolute atomic E-state index is 12.5. The molecule has 26 heavy (non-hydrogen) atoms. The summed E-state index contributed by atoms with van der Waals surface area (Å²) in [5.74, 6) is -0.143. The van der Waals surface area contributed by atoms with Crippen LogP contribution in [0.3, 0.4) is 0 Å². The van der Waals surface area contributed by atoms with Gasteiger partial charge in [0.25, 0.3) is 5.91 Å². The van der Waals surface area contributed by atoms with Crippen LogP contribution in [-0.2, 0) is 14.8 Å². The first kappa shape index (κ1) is 20.0. The second kappa shape index (κ2) is 7.92. The fourth-order valence-electron chi connectivity index (χ4n) is 2.50. The van der Waals surface area contributed by atoms with Crippen LogP contribution in [0.25, 0.3) is 0 Å². The Bertz CT molecular complexity index is 794. The highest BCUT2D eigenvalue weighted by Crippen LogP contribution is 2.29. The number of urea groups is 1. The molecule has 0 bridgehead atoms. The molecule has 2 N–H and O–H groups in total. The quantitative estimate of drug-likeness (QED) is 0.716. The maximum atomic E-state index is 12.5. The number of hydrogen-bond donors (Lipinski definition) is 2. The minimum Gasteiger partial charge on any atom is -0.492 e. The van der Waals surface area contributed by atoms with Crippen molar-refractivity contribution in [1.82, 2.24) is 14.5 Å². The normalized spacial score (nSPS) is 15.7. The molecule has 1 fully saturated rings. The molecule has 1 aliphatic rings. The predicted octanol–water partition coefficient (Wildman–Crippen LogP) is 0.688. The SMILES string of the molecule is CCOc1ccc(N[C@H](C)C(=O)N2CCNC2=O)cc1S(=O)(=O)N(C)C. The molecule has 1 aromatic carbocycles. The molecule has 3 amide bonds. The van der Waals surface area contributed by atoms with E-state index in [1.54, 1.807) is 26.0 Å². The molecule has 0 saturated carbocycles. The molecular weight excluding hydrogens is 360 g/mol. The number of imide groups is 1. The number of carbonyl (C=O) groups excluding carboxylic acids is 2. The summed E-state index contributed by atoms with van der Waals surface area (Å²) < 4.78 is 31.6. The highest BCUT2D eigenvalue weighted by atomic mass is 32.2. The van der Waals surface area contributed by atoms with Crippen LogP contribution >= 0.6 is 0 Å². The average Bonchev–Trinajstić information content (AvgIpc) is 3.01. The Morgan fingerprint density at radius 2 is 2.12 bits per heavy atom. The first-order chi connectivity index (χ1) is 12.2. The molecule has 0 unspecified atom stereocenters. The zero-order valence-corrected chi connectivity index (χ0v) is 16.1. The minimum atomic E-state index is -3.72. The Kier molecular flexibility index (Phi) is 6.09. The van der Waals surface area contributed by atoms with Gasteiger partial charge in [-0.2, -0.15) is 0 Å². The summed E-state index contributed by atoms with van der Waals surface area (Å²) in [6.45, 7) is 4.44. The fraction of sp³-hybridized carbons (Fsp3) is 0.500. The number of nitrogens with zero attached hydrogens (tertiary/aromatic N) is 2. The molecule has 1 aromatic rings. The van der Waals surface area contributed by atoms with E-state index in [1.807, 2.05) is 0 Å². The van der Waals surface area contributed by atoms with Crippen molar-refractivity contribution in [3.8, 4) is 5.75 Å². The topological polar surface area (TPSA) is 108 Å². The molecule has 2 rings (SSSR count). The molecule has 9 nitrogen and oxygen atoms in total. The predicted molar refractivity (Wildman–Crippen MR) is 96.7 cm³/mol. The summed E-state index contributed by atoms with van der Waals surface area (Å²) in [5.41, 5.74) is 0.439. The molecule has 1 atom stereocenters. The summed E-state index contributed by atoms with van der Waals surface area (Å²) in [4.78, 5) is 25.1. The van der Waals surface area contributed by atoms with Crippen LogP contribution in [0.1, 0.15) is 13.8 Å². The van der Waals surface area contributed by atoms with Gasteiger partial charge >= 0.3 is 6.03 Å². The Labute approximate surface area is 153 Å². The van der Waals surface area contributed by atoms with Crippen molar-refractivity contribution in [2.24, 2.45) is 0 Å². The lowest BCUT2D eigenvalue weighted by molar-refractivity contribution is -0.128. The number of amides is 3. The van der Waals surface area contributed by atoms with E-state index in [9.17, 15) is 18.0 Å². The molecule has 144 valence electrons. The second-order valence-corrected chi connectivity index (χ2v) is 8.09. The molecule has 0 aromatic heterocycles. The zero-order chi connectivity index (χ0) is 19.5. The Morgan fingerprint density at radius 1 is 1.42 bits per heavy atom. The monoisotopic (exact) mass is 384 g/mol. The van der Waals surface area contributed by atoms with Gasteiger partial charge in [-0.05, 0) is 32.0 Å². The third-order valence-electron chi connectivity index (χ3n) is 3.88. The van der Waals surface area contributed by atoms with Gasteiger partial charge in [-0.1, -0.05) is 0 Å². The van der Waals surface area contributed by atoms with Crippen LogP contribution in [0.2, 0.25) is 0 Å². The Balaban J connectivity index is 2.27. The fourth-order valence-corrected chi connectivity index (χ4v) is 3.55. The van der Waals surface area contributed by atoms with Crippen molar-refractivity contribution in [2.45, 2.75) is 24.8 Å². The van der Waals surface area contributed by atoms with E-state index in [2.05, 4.69) is 10.6 Å². The smallest absolute Gasteiger partial charge is 0.324 e. The van der Waals surface area contributed by atoms with Gasteiger partial charge in [0.2, 0.25) is 10.0 Å². The number of rotatable bonds is 7. The number of nitrogens with one attached hydrogen (secondary N) is 2. The van der Waals surface area contributed by atoms with Crippen molar-refractivity contribution in [3.05, 3.63) is 18.2 Å². The van der Waals surface area contributed by atoms with E-state index in [4.69, 9.17) is 4.74 Å². The summed E-state index contributed by atoms with van der Waals surface area (Å²) >= 11 is 0. The number of ether oxygens (including phenoxy) is 1. The number of benzene rings is 1. The highest BCUT2D eigenvalue weighted by molar-refractivity contribution is 7.89. The molecule has 0 spiro atoms. The zero-order valence-electron chi connectivity index (χ0n) is 15.3. The number of sulfonamides is 1. The summed E-state index contributed by atoms with van der Waals surface area (Å²) in [6, 6.07) is 3.47. The molecule has 0 aliphatic carbocycles. The minimum absolute atomic E-state index is 0.00733. The molecule has 10 heteroatoms. The summed E-state index contributed by atoms with van der Waals surface area (Å²) in [6.07, 6.45) is 0. The van der Waals surface area contributed by atoms with Gasteiger partial charge in [0, 0.05) is 32.9 Å². The van der Waals surface area contributed by atoms with Gasteiger partial charge in [-0.25, -0.2) is 17.5 Å². The molecule has 1 aliphatic heterocycles. The van der Waals surface area contributed by atoms with E-state index in [-0.39, 0.29) is 16.6 Å². The van der Waals surface area contributed by atoms with Gasteiger partial charge in [-0.3, -0.25) is 9.69 Å². The lowest BCUT2D eigenvalue weighted by atomic mass is 10.2. The molecule has 0 radical (unpaired) electrons. The summed E-state index contributed by atoms with van der Waals surface area (Å²) in [7, 11) is -0.856. The largest absolute Gasteiger partial charge is 0.492 e. The first-order valence-electron chi connectivity index (χ1n) is 8.23. The third kappa shape index (κ3) is 4.07. The first-order valence-corrected chi connectivity index (χ1v) is 9.67. The molecule has 1 saturated heterocycles. The van der Waals surface area contributed by atoms with E-state index in [0.29, 0.717) is 25.4 Å². The van der Waals surface area contributed by atoms with Crippen molar-refractivity contribution < 1.29 is 22.7 Å². The van der Waals surface area contributed by atoms with Crippen LogP contribution in [0, 0.1) is 0 Å². The van der Waals surface area contributed by atoms with Gasteiger partial charge in [0.1, 0.15) is 16.7 Å². The van der Waals surface area contributed by atoms with E-state index >= 15 is 0 Å². The summed E-state index contributed by atoms with van der Waals surface area (Å²) in [5, 5.41) is 5.52. The van der Waals surface area contributed by atoms with Crippen LogP contribution in [0.15, 0.2) is 23.1 Å². The second-order valence-electron chi connectivity index (χ2n) is 5.97. The van der Waals surface area contributed by atoms with Crippen molar-refractivity contribution >= 4 is 27.6 Å². The maximum Gasteiger partial charge on any atom is 0.324 e. The van der Waals surface area contributed by atoms with Gasteiger partial charge < -0.3 is 15.4 Å². The van der Waals surface area contributed by atoms with Gasteiger partial charge in [0.15, 0.2) is 0 Å². The number of hydrogen-bond acceptors (Lipinski definition) is 6. The van der Waals surface area contributed by atoms with Crippen molar-refractivity contribution in [1.29, 1.82) is 0 Å². The van der Waals surface area contributed by atoms with Crippen molar-refractivity contribution in [2.75, 3.05) is 39.1 Å². The Hall–Kier alpha value is -2.33. The van der Waals surface area contributed by atoms with Crippen molar-refractivity contribution in [3.63, 3.8) is 0 Å².